The number of benzene rings is 1. The summed E-state index contributed by atoms with van der Waals surface area (Å²) in [5.74, 6) is 0.999. The largest absolute Gasteiger partial charge is 0.493 e. The molecule has 100 valence electrons. The van der Waals surface area contributed by atoms with Crippen LogP contribution in [0.3, 0.4) is 0 Å². The zero-order valence-corrected chi connectivity index (χ0v) is 11.9. The van der Waals surface area contributed by atoms with Gasteiger partial charge in [-0.1, -0.05) is 25.4 Å². The smallest absolute Gasteiger partial charge is 0.125 e. The van der Waals surface area contributed by atoms with Gasteiger partial charge in [0.05, 0.1) is 6.61 Å². The van der Waals surface area contributed by atoms with Crippen LogP contribution in [-0.2, 0) is 12.8 Å². The third kappa shape index (κ3) is 2.50. The van der Waals surface area contributed by atoms with Crippen LogP contribution in [-0.4, -0.2) is 18.3 Å². The summed E-state index contributed by atoms with van der Waals surface area (Å²) in [6.45, 7) is 5.21. The molecule has 0 saturated carbocycles. The number of hydrogen-bond acceptors (Lipinski definition) is 2. The van der Waals surface area contributed by atoms with E-state index in [0.717, 1.165) is 48.6 Å². The normalized spacial score (nSPS) is 14.4. The topological polar surface area (TPSA) is 29.5 Å². The van der Waals surface area contributed by atoms with Gasteiger partial charge >= 0.3 is 0 Å². The van der Waals surface area contributed by atoms with Gasteiger partial charge in [-0.2, -0.15) is 0 Å². The second-order valence-corrected chi connectivity index (χ2v) is 5.63. The molecule has 0 fully saturated rings. The minimum absolute atomic E-state index is 0.0512. The van der Waals surface area contributed by atoms with Crippen LogP contribution in [0.2, 0.25) is 5.02 Å². The molecule has 0 unspecified atom stereocenters. The van der Waals surface area contributed by atoms with Crippen molar-refractivity contribution in [1.82, 2.24) is 0 Å². The zero-order valence-electron chi connectivity index (χ0n) is 11.1. The van der Waals surface area contributed by atoms with Gasteiger partial charge in [0, 0.05) is 18.1 Å². The van der Waals surface area contributed by atoms with Crippen molar-refractivity contribution in [1.29, 1.82) is 0 Å². The van der Waals surface area contributed by atoms with Crippen LogP contribution in [0.1, 0.15) is 37.8 Å². The summed E-state index contributed by atoms with van der Waals surface area (Å²) in [6, 6.07) is 3.98. The van der Waals surface area contributed by atoms with E-state index in [1.807, 2.05) is 12.1 Å². The van der Waals surface area contributed by atoms with Crippen molar-refractivity contribution in [3.05, 3.63) is 28.3 Å². The predicted molar refractivity (Wildman–Crippen MR) is 74.5 cm³/mol. The van der Waals surface area contributed by atoms with Gasteiger partial charge < -0.3 is 9.84 Å². The van der Waals surface area contributed by atoms with Gasteiger partial charge in [0.2, 0.25) is 0 Å². The van der Waals surface area contributed by atoms with E-state index in [4.69, 9.17) is 16.3 Å². The molecule has 0 spiro atoms. The fraction of sp³-hybridized carbons (Fsp3) is 0.600. The molecule has 0 saturated heterocycles. The lowest BCUT2D eigenvalue weighted by molar-refractivity contribution is 0.114. The predicted octanol–water partition coefficient (Wildman–Crippen LogP) is 3.62. The Morgan fingerprint density at radius 2 is 2.06 bits per heavy atom. The van der Waals surface area contributed by atoms with E-state index >= 15 is 0 Å². The summed E-state index contributed by atoms with van der Waals surface area (Å²) in [4.78, 5) is 0. The van der Waals surface area contributed by atoms with Crippen molar-refractivity contribution in [2.24, 2.45) is 5.41 Å². The van der Waals surface area contributed by atoms with Crippen molar-refractivity contribution in [2.75, 3.05) is 13.2 Å². The van der Waals surface area contributed by atoms with Gasteiger partial charge in [0.15, 0.2) is 0 Å². The van der Waals surface area contributed by atoms with E-state index in [9.17, 15) is 5.11 Å². The molecule has 18 heavy (non-hydrogen) atoms. The van der Waals surface area contributed by atoms with Crippen molar-refractivity contribution < 1.29 is 9.84 Å². The van der Waals surface area contributed by atoms with E-state index in [1.165, 1.54) is 5.56 Å². The van der Waals surface area contributed by atoms with Crippen LogP contribution < -0.4 is 4.74 Å². The summed E-state index contributed by atoms with van der Waals surface area (Å²) >= 11 is 6.17. The third-order valence-corrected chi connectivity index (χ3v) is 4.44. The molecule has 0 bridgehead atoms. The molecular formula is C15H21ClO2. The average Bonchev–Trinajstić information content (AvgIpc) is 2.84. The highest BCUT2D eigenvalue weighted by Gasteiger charge is 2.29. The monoisotopic (exact) mass is 268 g/mol. The van der Waals surface area contributed by atoms with E-state index in [0.29, 0.717) is 0 Å². The van der Waals surface area contributed by atoms with Gasteiger partial charge in [-0.3, -0.25) is 0 Å². The van der Waals surface area contributed by atoms with Crippen LogP contribution in [0.25, 0.3) is 0 Å². The highest BCUT2D eigenvalue weighted by molar-refractivity contribution is 6.30. The molecule has 1 aromatic carbocycles. The van der Waals surface area contributed by atoms with Crippen molar-refractivity contribution >= 4 is 11.6 Å². The van der Waals surface area contributed by atoms with Gasteiger partial charge in [-0.05, 0) is 47.9 Å². The average molecular weight is 269 g/mol. The lowest BCUT2D eigenvalue weighted by atomic mass is 9.77. The van der Waals surface area contributed by atoms with Crippen LogP contribution in [0.4, 0.5) is 0 Å². The Labute approximate surface area is 114 Å². The van der Waals surface area contributed by atoms with Crippen molar-refractivity contribution in [3.63, 3.8) is 0 Å². The van der Waals surface area contributed by atoms with Crippen LogP contribution >= 0.6 is 11.6 Å². The van der Waals surface area contributed by atoms with E-state index in [-0.39, 0.29) is 12.0 Å². The number of aliphatic hydroxyl groups is 1. The fourth-order valence-electron chi connectivity index (χ4n) is 2.66. The van der Waals surface area contributed by atoms with E-state index < -0.39 is 0 Å². The van der Waals surface area contributed by atoms with Gasteiger partial charge in [0.25, 0.3) is 0 Å². The molecular weight excluding hydrogens is 248 g/mol. The lowest BCUT2D eigenvalue weighted by Gasteiger charge is -2.30. The molecule has 1 heterocycles. The minimum atomic E-state index is -0.0512. The molecule has 0 aromatic heterocycles. The maximum atomic E-state index is 9.68. The van der Waals surface area contributed by atoms with Crippen LogP contribution in [0.15, 0.2) is 12.1 Å². The van der Waals surface area contributed by atoms with Crippen LogP contribution in [0, 0.1) is 5.41 Å². The number of halogens is 1. The van der Waals surface area contributed by atoms with E-state index in [2.05, 4.69) is 13.8 Å². The molecule has 1 aromatic rings. The SMILES string of the molecule is CCC(CC)(CO)Cc1cc(Cl)cc2c1OCC2. The Balaban J connectivity index is 2.34. The molecule has 3 heteroatoms. The summed E-state index contributed by atoms with van der Waals surface area (Å²) in [7, 11) is 0. The Kier molecular flexibility index (Phi) is 4.18. The summed E-state index contributed by atoms with van der Waals surface area (Å²) in [6.07, 6.45) is 3.69. The summed E-state index contributed by atoms with van der Waals surface area (Å²) < 4.78 is 5.72. The van der Waals surface area contributed by atoms with Gasteiger partial charge in [-0.25, -0.2) is 0 Å². The second-order valence-electron chi connectivity index (χ2n) is 5.19. The molecule has 1 N–H and O–H groups in total. The first-order chi connectivity index (χ1) is 8.64. The molecule has 0 aliphatic carbocycles. The molecule has 0 amide bonds. The first-order valence-electron chi connectivity index (χ1n) is 6.69. The molecule has 0 radical (unpaired) electrons. The number of aliphatic hydroxyl groups excluding tert-OH is 1. The van der Waals surface area contributed by atoms with Crippen molar-refractivity contribution in [2.45, 2.75) is 39.5 Å². The molecule has 2 nitrogen and oxygen atoms in total. The molecule has 0 atom stereocenters. The number of fused-ring (bicyclic) bond motifs is 1. The highest BCUT2D eigenvalue weighted by Crippen LogP contribution is 2.39. The summed E-state index contributed by atoms with van der Waals surface area (Å²) in [5.41, 5.74) is 2.30. The summed E-state index contributed by atoms with van der Waals surface area (Å²) in [5, 5.41) is 10.5. The van der Waals surface area contributed by atoms with Crippen LogP contribution in [0.5, 0.6) is 5.75 Å². The van der Waals surface area contributed by atoms with Crippen molar-refractivity contribution in [3.8, 4) is 5.75 Å². The zero-order chi connectivity index (χ0) is 13.2. The maximum Gasteiger partial charge on any atom is 0.125 e. The lowest BCUT2D eigenvalue weighted by Crippen LogP contribution is -2.26. The molecule has 1 aliphatic heterocycles. The molecule has 2 rings (SSSR count). The number of rotatable bonds is 5. The van der Waals surface area contributed by atoms with Gasteiger partial charge in [0.1, 0.15) is 5.75 Å². The maximum absolute atomic E-state index is 9.68. The Morgan fingerprint density at radius 1 is 1.33 bits per heavy atom. The quantitative estimate of drug-likeness (QED) is 0.884. The first-order valence-corrected chi connectivity index (χ1v) is 7.07. The number of hydrogen-bond donors (Lipinski definition) is 1. The Morgan fingerprint density at radius 3 is 2.67 bits per heavy atom. The van der Waals surface area contributed by atoms with Gasteiger partial charge in [-0.15, -0.1) is 0 Å². The second kappa shape index (κ2) is 5.50. The standard InChI is InChI=1S/C15H21ClO2/c1-3-15(4-2,10-17)9-12-8-13(16)7-11-5-6-18-14(11)12/h7-8,17H,3-6,9-10H2,1-2H3. The number of ether oxygens (including phenoxy) is 1. The minimum Gasteiger partial charge on any atom is -0.493 e. The molecule has 1 aliphatic rings. The third-order valence-electron chi connectivity index (χ3n) is 4.23. The Hall–Kier alpha value is -0.730. The Bertz CT molecular complexity index is 416. The van der Waals surface area contributed by atoms with E-state index in [1.54, 1.807) is 0 Å². The first kappa shape index (κ1) is 13.7. The fourth-order valence-corrected chi connectivity index (χ4v) is 2.92. The highest BCUT2D eigenvalue weighted by atomic mass is 35.5.